The van der Waals surface area contributed by atoms with Crippen LogP contribution < -0.4 is 27.6 Å². The third kappa shape index (κ3) is 11.7. The summed E-state index contributed by atoms with van der Waals surface area (Å²) in [5, 5.41) is 3.22. The molecule has 1 saturated heterocycles. The zero-order chi connectivity index (χ0) is 11.4. The lowest BCUT2D eigenvalue weighted by atomic mass is 10.5. The number of nitrogens with zero attached hydrogens (tertiary/aromatic N) is 1. The van der Waals surface area contributed by atoms with Gasteiger partial charge in [-0.25, -0.2) is 0 Å². The highest BCUT2D eigenvalue weighted by molar-refractivity contribution is 4.55. The normalized spacial score (nSPS) is 16.8. The third-order valence-corrected chi connectivity index (χ3v) is 2.00. The Labute approximate surface area is 92.7 Å². The molecule has 0 unspecified atom stereocenters. The van der Waals surface area contributed by atoms with Crippen molar-refractivity contribution in [2.45, 2.75) is 0 Å². The Kier molecular flexibility index (Phi) is 11.6. The van der Waals surface area contributed by atoms with Crippen molar-refractivity contribution in [3.05, 3.63) is 0 Å². The molecule has 1 heterocycles. The largest absolute Gasteiger partial charge is 0.329 e. The van der Waals surface area contributed by atoms with Crippen molar-refractivity contribution < 1.29 is 0 Å². The number of hydrazine groups is 1. The predicted octanol–water partition coefficient (Wildman–Crippen LogP) is -2.48. The minimum absolute atomic E-state index is 0.719. The number of nitrogens with one attached hydrogen (secondary N) is 3. The minimum Gasteiger partial charge on any atom is -0.329 e. The van der Waals surface area contributed by atoms with Gasteiger partial charge in [-0.15, -0.1) is 0 Å². The standard InChI is InChI=1S/C5H15N3.C4H11N3/c1-8(4-2-6)5-3-7;1-3-6-7-4-2-5-1/h2-7H2,1H3;5-7H,1-4H2. The molecule has 1 aliphatic heterocycles. The molecule has 0 saturated carbocycles. The van der Waals surface area contributed by atoms with Gasteiger partial charge in [0.25, 0.3) is 0 Å². The number of hydrogen-bond acceptors (Lipinski definition) is 6. The molecule has 1 fully saturated rings. The van der Waals surface area contributed by atoms with E-state index >= 15 is 0 Å². The average molecular weight is 218 g/mol. The summed E-state index contributed by atoms with van der Waals surface area (Å²) in [6.45, 7) is 7.53. The number of rotatable bonds is 4. The van der Waals surface area contributed by atoms with Crippen LogP contribution in [0.1, 0.15) is 0 Å². The minimum atomic E-state index is 0.719. The van der Waals surface area contributed by atoms with Crippen LogP contribution in [0.25, 0.3) is 0 Å². The summed E-state index contributed by atoms with van der Waals surface area (Å²) in [6, 6.07) is 0. The predicted molar refractivity (Wildman–Crippen MR) is 64.5 cm³/mol. The second-order valence-electron chi connectivity index (χ2n) is 3.48. The first-order valence-electron chi connectivity index (χ1n) is 5.56. The molecule has 7 N–H and O–H groups in total. The van der Waals surface area contributed by atoms with Gasteiger partial charge >= 0.3 is 0 Å². The van der Waals surface area contributed by atoms with Gasteiger partial charge in [0.05, 0.1) is 0 Å². The second kappa shape index (κ2) is 11.8. The lowest BCUT2D eigenvalue weighted by Crippen LogP contribution is -2.32. The van der Waals surface area contributed by atoms with Crippen molar-refractivity contribution in [1.82, 2.24) is 21.1 Å². The van der Waals surface area contributed by atoms with E-state index in [0.717, 1.165) is 52.4 Å². The maximum absolute atomic E-state index is 5.28. The Hall–Kier alpha value is -0.240. The zero-order valence-corrected chi connectivity index (χ0v) is 9.76. The van der Waals surface area contributed by atoms with E-state index in [2.05, 4.69) is 21.1 Å². The topological polar surface area (TPSA) is 91.4 Å². The summed E-state index contributed by atoms with van der Waals surface area (Å²) in [5.41, 5.74) is 16.6. The van der Waals surface area contributed by atoms with Gasteiger partial charge in [0.1, 0.15) is 0 Å². The van der Waals surface area contributed by atoms with E-state index in [9.17, 15) is 0 Å². The quantitative estimate of drug-likeness (QED) is 0.359. The molecule has 0 aromatic heterocycles. The SMILES string of the molecule is C1CNNCCN1.CN(CCN)CCN. The molecule has 6 nitrogen and oxygen atoms in total. The fourth-order valence-corrected chi connectivity index (χ4v) is 1.16. The lowest BCUT2D eigenvalue weighted by molar-refractivity contribution is 0.353. The molecule has 15 heavy (non-hydrogen) atoms. The van der Waals surface area contributed by atoms with E-state index in [1.54, 1.807) is 0 Å². The van der Waals surface area contributed by atoms with Crippen LogP contribution in [0.5, 0.6) is 0 Å². The molecule has 6 heteroatoms. The van der Waals surface area contributed by atoms with Gasteiger partial charge in [-0.3, -0.25) is 10.9 Å². The highest BCUT2D eigenvalue weighted by Gasteiger charge is 1.91. The van der Waals surface area contributed by atoms with Crippen molar-refractivity contribution in [1.29, 1.82) is 0 Å². The first kappa shape index (κ1) is 14.8. The van der Waals surface area contributed by atoms with Gasteiger partial charge in [-0.1, -0.05) is 0 Å². The summed E-state index contributed by atoms with van der Waals surface area (Å²) < 4.78 is 0. The van der Waals surface area contributed by atoms with Crippen molar-refractivity contribution in [3.8, 4) is 0 Å². The van der Waals surface area contributed by atoms with E-state index in [4.69, 9.17) is 11.5 Å². The average Bonchev–Trinajstić information content (AvgIpc) is 2.50. The number of hydrogen-bond donors (Lipinski definition) is 5. The second-order valence-corrected chi connectivity index (χ2v) is 3.48. The zero-order valence-electron chi connectivity index (χ0n) is 9.76. The summed E-state index contributed by atoms with van der Waals surface area (Å²) in [6.07, 6.45) is 0. The van der Waals surface area contributed by atoms with Crippen LogP contribution >= 0.6 is 0 Å². The Morgan fingerprint density at radius 3 is 1.80 bits per heavy atom. The van der Waals surface area contributed by atoms with Crippen LogP contribution in [0.15, 0.2) is 0 Å². The molecule has 1 aliphatic rings. The van der Waals surface area contributed by atoms with Gasteiger partial charge < -0.3 is 21.7 Å². The Balaban J connectivity index is 0.000000262. The summed E-state index contributed by atoms with van der Waals surface area (Å²) >= 11 is 0. The van der Waals surface area contributed by atoms with Crippen LogP contribution in [0.4, 0.5) is 0 Å². The lowest BCUT2D eigenvalue weighted by Gasteiger charge is -2.12. The Morgan fingerprint density at radius 2 is 1.40 bits per heavy atom. The molecule has 0 aromatic rings. The Morgan fingerprint density at radius 1 is 0.933 bits per heavy atom. The van der Waals surface area contributed by atoms with Crippen LogP contribution in [-0.2, 0) is 0 Å². The number of nitrogens with two attached hydrogens (primary N) is 2. The highest BCUT2D eigenvalue weighted by Crippen LogP contribution is 1.74. The number of likely N-dealkylation sites (N-methyl/N-ethyl adjacent to an activating group) is 1. The van der Waals surface area contributed by atoms with E-state index in [1.807, 2.05) is 7.05 Å². The molecule has 0 radical (unpaired) electrons. The van der Waals surface area contributed by atoms with E-state index in [1.165, 1.54) is 0 Å². The highest BCUT2D eigenvalue weighted by atomic mass is 15.4. The molecular formula is C9H26N6. The van der Waals surface area contributed by atoms with Crippen LogP contribution in [-0.4, -0.2) is 64.3 Å². The van der Waals surface area contributed by atoms with E-state index < -0.39 is 0 Å². The first-order valence-corrected chi connectivity index (χ1v) is 5.56. The van der Waals surface area contributed by atoms with Gasteiger partial charge in [0.15, 0.2) is 0 Å². The molecule has 0 aliphatic carbocycles. The van der Waals surface area contributed by atoms with Gasteiger partial charge in [0.2, 0.25) is 0 Å². The first-order chi connectivity index (χ1) is 7.31. The van der Waals surface area contributed by atoms with Crippen molar-refractivity contribution in [3.63, 3.8) is 0 Å². The fraction of sp³-hybridized carbons (Fsp3) is 1.00. The molecule has 0 atom stereocenters. The van der Waals surface area contributed by atoms with Gasteiger partial charge in [-0.05, 0) is 7.05 Å². The van der Waals surface area contributed by atoms with Gasteiger partial charge in [-0.2, -0.15) is 0 Å². The van der Waals surface area contributed by atoms with E-state index in [-0.39, 0.29) is 0 Å². The Bertz CT molecular complexity index is 95.5. The molecule has 0 bridgehead atoms. The third-order valence-electron chi connectivity index (χ3n) is 2.00. The molecule has 1 rings (SSSR count). The summed E-state index contributed by atoms with van der Waals surface area (Å²) in [4.78, 5) is 2.11. The van der Waals surface area contributed by atoms with Crippen LogP contribution in [0, 0.1) is 0 Å². The van der Waals surface area contributed by atoms with Gasteiger partial charge in [0, 0.05) is 52.4 Å². The maximum atomic E-state index is 5.28. The van der Waals surface area contributed by atoms with Crippen molar-refractivity contribution in [2.24, 2.45) is 11.5 Å². The molecule has 0 aromatic carbocycles. The van der Waals surface area contributed by atoms with Crippen LogP contribution in [0.2, 0.25) is 0 Å². The summed E-state index contributed by atoms with van der Waals surface area (Å²) in [5.74, 6) is 0. The fourth-order valence-electron chi connectivity index (χ4n) is 1.16. The maximum Gasteiger partial charge on any atom is 0.0225 e. The molecule has 0 spiro atoms. The molecule has 92 valence electrons. The smallest absolute Gasteiger partial charge is 0.0225 e. The van der Waals surface area contributed by atoms with E-state index in [0.29, 0.717) is 0 Å². The van der Waals surface area contributed by atoms with Crippen LogP contribution in [0.3, 0.4) is 0 Å². The monoisotopic (exact) mass is 218 g/mol. The van der Waals surface area contributed by atoms with Crippen molar-refractivity contribution >= 4 is 0 Å². The van der Waals surface area contributed by atoms with Crippen molar-refractivity contribution in [2.75, 3.05) is 59.4 Å². The summed E-state index contributed by atoms with van der Waals surface area (Å²) in [7, 11) is 2.01. The molecular weight excluding hydrogens is 192 g/mol. The molecule has 0 amide bonds.